The molecule has 2 atom stereocenters. The van der Waals surface area contributed by atoms with Crippen LogP contribution in [0.2, 0.25) is 19.6 Å². The zero-order valence-electron chi connectivity index (χ0n) is 14.6. The van der Waals surface area contributed by atoms with Crippen molar-refractivity contribution in [3.8, 4) is 11.8 Å². The van der Waals surface area contributed by atoms with Gasteiger partial charge in [0.1, 0.15) is 5.60 Å². The van der Waals surface area contributed by atoms with Gasteiger partial charge < -0.3 is 9.53 Å². The molecular formula is C18H30O2Si. The van der Waals surface area contributed by atoms with Gasteiger partial charge in [-0.1, -0.05) is 37.8 Å². The molecule has 2 nitrogen and oxygen atoms in total. The van der Waals surface area contributed by atoms with Crippen molar-refractivity contribution in [1.82, 2.24) is 0 Å². The molecule has 1 rings (SSSR count). The third-order valence-electron chi connectivity index (χ3n) is 3.73. The molecule has 0 aromatic carbocycles. The first-order chi connectivity index (χ1) is 9.36. The Morgan fingerprint density at radius 1 is 1.43 bits per heavy atom. The summed E-state index contributed by atoms with van der Waals surface area (Å²) >= 11 is 0. The number of aliphatic hydroxyl groups is 1. The lowest BCUT2D eigenvalue weighted by Crippen LogP contribution is -2.38. The number of allylic oxidation sites excluding steroid dienone is 1. The molecule has 0 saturated carbocycles. The van der Waals surface area contributed by atoms with E-state index in [2.05, 4.69) is 58.8 Å². The van der Waals surface area contributed by atoms with E-state index in [1.807, 2.05) is 0 Å². The number of hydrogen-bond donors (Lipinski definition) is 1. The van der Waals surface area contributed by atoms with Gasteiger partial charge in [0.2, 0.25) is 0 Å². The molecule has 0 spiro atoms. The van der Waals surface area contributed by atoms with Crippen LogP contribution in [0, 0.1) is 17.3 Å². The lowest BCUT2D eigenvalue weighted by Gasteiger charge is -2.39. The van der Waals surface area contributed by atoms with Crippen LogP contribution in [-0.2, 0) is 4.43 Å². The van der Waals surface area contributed by atoms with E-state index in [1.165, 1.54) is 11.6 Å². The molecule has 0 fully saturated rings. The third kappa shape index (κ3) is 5.46. The molecule has 0 heterocycles. The van der Waals surface area contributed by atoms with Crippen LogP contribution < -0.4 is 0 Å². The van der Waals surface area contributed by atoms with Gasteiger partial charge in [-0.2, -0.15) is 0 Å². The number of hydrogen-bond acceptors (Lipinski definition) is 2. The Morgan fingerprint density at radius 3 is 2.43 bits per heavy atom. The minimum atomic E-state index is -1.52. The summed E-state index contributed by atoms with van der Waals surface area (Å²) in [6, 6.07) is 0. The van der Waals surface area contributed by atoms with Crippen LogP contribution in [0.3, 0.4) is 0 Å². The molecule has 0 aromatic heterocycles. The van der Waals surface area contributed by atoms with E-state index in [0.717, 1.165) is 18.4 Å². The predicted octanol–water partition coefficient (Wildman–Crippen LogP) is 4.28. The van der Waals surface area contributed by atoms with Crippen LogP contribution in [0.4, 0.5) is 0 Å². The highest BCUT2D eigenvalue weighted by Gasteiger charge is 2.35. The summed E-state index contributed by atoms with van der Waals surface area (Å²) in [6.07, 6.45) is 3.68. The Hall–Kier alpha value is -0.823. The van der Waals surface area contributed by atoms with Gasteiger partial charge in [0.15, 0.2) is 8.32 Å². The van der Waals surface area contributed by atoms with Gasteiger partial charge in [-0.3, -0.25) is 0 Å². The molecule has 21 heavy (non-hydrogen) atoms. The zero-order chi connectivity index (χ0) is 16.5. The van der Waals surface area contributed by atoms with Crippen molar-refractivity contribution >= 4 is 8.32 Å². The molecule has 0 bridgehead atoms. The molecule has 2 unspecified atom stereocenters. The molecule has 1 aliphatic carbocycles. The standard InChI is InChI=1S/C18H30O2Si/c1-9-18(5,19)11-10-16-14(2)12-15(13-17(16,3)4)20-21(6,7)8/h9,15,19H,1,12-13H2,2-8H3. The van der Waals surface area contributed by atoms with Crippen molar-refractivity contribution in [3.63, 3.8) is 0 Å². The van der Waals surface area contributed by atoms with Crippen molar-refractivity contribution in [2.24, 2.45) is 5.41 Å². The maximum absolute atomic E-state index is 9.98. The summed E-state index contributed by atoms with van der Waals surface area (Å²) in [4.78, 5) is 0. The minimum Gasteiger partial charge on any atom is -0.414 e. The third-order valence-corrected chi connectivity index (χ3v) is 4.77. The van der Waals surface area contributed by atoms with Crippen LogP contribution in [-0.4, -0.2) is 25.1 Å². The van der Waals surface area contributed by atoms with Gasteiger partial charge in [0.25, 0.3) is 0 Å². The monoisotopic (exact) mass is 306 g/mol. The minimum absolute atomic E-state index is 0.0170. The summed E-state index contributed by atoms with van der Waals surface area (Å²) in [5.74, 6) is 6.13. The lowest BCUT2D eigenvalue weighted by atomic mass is 9.72. The average Bonchev–Trinajstić information content (AvgIpc) is 2.24. The van der Waals surface area contributed by atoms with E-state index in [4.69, 9.17) is 4.43 Å². The maximum atomic E-state index is 9.98. The van der Waals surface area contributed by atoms with Gasteiger partial charge in [0.05, 0.1) is 0 Å². The van der Waals surface area contributed by atoms with Gasteiger partial charge in [-0.25, -0.2) is 0 Å². The second-order valence-electron chi connectivity index (χ2n) is 7.90. The second-order valence-corrected chi connectivity index (χ2v) is 12.4. The molecule has 0 aliphatic heterocycles. The molecule has 1 N–H and O–H groups in total. The Labute approximate surface area is 131 Å². The van der Waals surface area contributed by atoms with Crippen LogP contribution in [0.5, 0.6) is 0 Å². The van der Waals surface area contributed by atoms with Gasteiger partial charge in [0, 0.05) is 11.7 Å². The van der Waals surface area contributed by atoms with Gasteiger partial charge >= 0.3 is 0 Å². The van der Waals surface area contributed by atoms with Crippen LogP contribution in [0.15, 0.2) is 23.8 Å². The summed E-state index contributed by atoms with van der Waals surface area (Å²) in [6.45, 7) is 18.5. The van der Waals surface area contributed by atoms with E-state index in [0.29, 0.717) is 0 Å². The quantitative estimate of drug-likeness (QED) is 0.479. The summed E-state index contributed by atoms with van der Waals surface area (Å²) < 4.78 is 6.29. The van der Waals surface area contributed by atoms with E-state index in [-0.39, 0.29) is 11.5 Å². The Morgan fingerprint density at radius 2 is 2.00 bits per heavy atom. The first kappa shape index (κ1) is 18.2. The van der Waals surface area contributed by atoms with E-state index in [1.54, 1.807) is 6.92 Å². The molecule has 0 amide bonds. The predicted molar refractivity (Wildman–Crippen MR) is 92.5 cm³/mol. The topological polar surface area (TPSA) is 29.5 Å². The van der Waals surface area contributed by atoms with Crippen molar-refractivity contribution in [2.45, 2.75) is 71.9 Å². The molecule has 1 aliphatic rings. The van der Waals surface area contributed by atoms with Crippen molar-refractivity contribution < 1.29 is 9.53 Å². The SMILES string of the molecule is C=CC(C)(O)C#CC1=C(C)CC(O[Si](C)(C)C)CC1(C)C. The normalized spacial score (nSPS) is 24.9. The van der Waals surface area contributed by atoms with Crippen LogP contribution in [0.25, 0.3) is 0 Å². The smallest absolute Gasteiger partial charge is 0.184 e. The highest BCUT2D eigenvalue weighted by atomic mass is 28.4. The maximum Gasteiger partial charge on any atom is 0.184 e. The highest BCUT2D eigenvalue weighted by Crippen LogP contribution is 2.41. The molecule has 118 valence electrons. The fourth-order valence-corrected chi connectivity index (χ4v) is 4.03. The summed E-state index contributed by atoms with van der Waals surface area (Å²) in [5, 5.41) is 9.98. The summed E-state index contributed by atoms with van der Waals surface area (Å²) in [5.41, 5.74) is 1.27. The summed E-state index contributed by atoms with van der Waals surface area (Å²) in [7, 11) is -1.52. The molecule has 0 radical (unpaired) electrons. The van der Waals surface area contributed by atoms with E-state index >= 15 is 0 Å². The first-order valence-electron chi connectivity index (χ1n) is 7.63. The largest absolute Gasteiger partial charge is 0.414 e. The van der Waals surface area contributed by atoms with E-state index < -0.39 is 13.9 Å². The first-order valence-corrected chi connectivity index (χ1v) is 11.0. The van der Waals surface area contributed by atoms with Crippen molar-refractivity contribution in [3.05, 3.63) is 23.8 Å². The zero-order valence-corrected chi connectivity index (χ0v) is 15.6. The van der Waals surface area contributed by atoms with Crippen LogP contribution in [0.1, 0.15) is 40.5 Å². The number of rotatable bonds is 3. The molecular weight excluding hydrogens is 276 g/mol. The molecule has 0 saturated heterocycles. The Balaban J connectivity index is 3.05. The lowest BCUT2D eigenvalue weighted by molar-refractivity contribution is 0.133. The fourth-order valence-electron chi connectivity index (χ4n) is 2.86. The second kappa shape index (κ2) is 6.12. The van der Waals surface area contributed by atoms with Crippen molar-refractivity contribution in [1.29, 1.82) is 0 Å². The van der Waals surface area contributed by atoms with Crippen LogP contribution >= 0.6 is 0 Å². The molecule has 3 heteroatoms. The molecule has 0 aromatic rings. The highest BCUT2D eigenvalue weighted by molar-refractivity contribution is 6.69. The van der Waals surface area contributed by atoms with E-state index in [9.17, 15) is 5.11 Å². The average molecular weight is 307 g/mol. The Kier molecular flexibility index (Phi) is 5.31. The van der Waals surface area contributed by atoms with Crippen molar-refractivity contribution in [2.75, 3.05) is 0 Å². The van der Waals surface area contributed by atoms with Gasteiger partial charge in [-0.05, 0) is 57.8 Å². The Bertz CT molecular complexity index is 496. The van der Waals surface area contributed by atoms with Gasteiger partial charge in [-0.15, -0.1) is 0 Å². The fraction of sp³-hybridized carbons (Fsp3) is 0.667.